The van der Waals surface area contributed by atoms with Gasteiger partial charge in [-0.2, -0.15) is 0 Å². The lowest BCUT2D eigenvalue weighted by Gasteiger charge is -2.16. The Morgan fingerprint density at radius 3 is 2.36 bits per heavy atom. The molecule has 2 heterocycles. The van der Waals surface area contributed by atoms with E-state index in [0.717, 1.165) is 11.1 Å². The van der Waals surface area contributed by atoms with Crippen LogP contribution >= 0.6 is 0 Å². The van der Waals surface area contributed by atoms with Crippen LogP contribution in [0.2, 0.25) is 0 Å². The summed E-state index contributed by atoms with van der Waals surface area (Å²) in [4.78, 5) is 30.2. The smallest absolute Gasteiger partial charge is 0.356 e. The molecule has 0 atom stereocenters. The van der Waals surface area contributed by atoms with Crippen molar-refractivity contribution in [2.75, 3.05) is 39.1 Å². The summed E-state index contributed by atoms with van der Waals surface area (Å²) in [6.07, 6.45) is 2.49. The molecule has 0 aliphatic rings. The molecule has 0 aliphatic carbocycles. The highest BCUT2D eigenvalue weighted by Gasteiger charge is 2.24. The average Bonchev–Trinajstić information content (AvgIpc) is 3.24. The van der Waals surface area contributed by atoms with Crippen LogP contribution in [0.4, 0.5) is 11.4 Å². The third-order valence-corrected chi connectivity index (χ3v) is 6.42. The Labute approximate surface area is 226 Å². The Morgan fingerprint density at radius 1 is 0.949 bits per heavy atom. The Balaban J connectivity index is 1.63. The molecule has 0 aliphatic heterocycles. The number of aromatic nitrogens is 2. The largest absolute Gasteiger partial charge is 0.493 e. The number of fused-ring (bicyclic) bond motifs is 1. The van der Waals surface area contributed by atoms with E-state index in [1.54, 1.807) is 39.1 Å². The van der Waals surface area contributed by atoms with Gasteiger partial charge in [0.1, 0.15) is 5.65 Å². The molecule has 0 fully saturated rings. The van der Waals surface area contributed by atoms with Crippen molar-refractivity contribution >= 4 is 34.3 Å². The maximum atomic E-state index is 12.9. The molecule has 2 aromatic carbocycles. The van der Waals surface area contributed by atoms with Crippen molar-refractivity contribution < 1.29 is 28.5 Å². The highest BCUT2D eigenvalue weighted by Crippen LogP contribution is 2.40. The Kier molecular flexibility index (Phi) is 8.55. The van der Waals surface area contributed by atoms with Gasteiger partial charge < -0.3 is 34.1 Å². The summed E-state index contributed by atoms with van der Waals surface area (Å²) < 4.78 is 23.1. The number of aryl methyl sites for hydroxylation is 2. The van der Waals surface area contributed by atoms with Gasteiger partial charge in [-0.1, -0.05) is 30.3 Å². The molecule has 1 amide bonds. The fourth-order valence-corrected chi connectivity index (χ4v) is 4.47. The second-order valence-electron chi connectivity index (χ2n) is 8.75. The van der Waals surface area contributed by atoms with E-state index in [4.69, 9.17) is 18.9 Å². The minimum Gasteiger partial charge on any atom is -0.493 e. The monoisotopic (exact) mass is 532 g/mol. The molecule has 0 saturated carbocycles. The van der Waals surface area contributed by atoms with Crippen molar-refractivity contribution in [2.24, 2.45) is 7.05 Å². The highest BCUT2D eigenvalue weighted by atomic mass is 16.5. The maximum Gasteiger partial charge on any atom is 0.356 e. The zero-order valence-corrected chi connectivity index (χ0v) is 22.7. The van der Waals surface area contributed by atoms with Crippen LogP contribution < -0.4 is 24.8 Å². The highest BCUT2D eigenvalue weighted by molar-refractivity contribution is 6.11. The van der Waals surface area contributed by atoms with E-state index < -0.39 is 5.97 Å². The number of hydrogen-bond acceptors (Lipinski definition) is 8. The minimum absolute atomic E-state index is 0.215. The van der Waals surface area contributed by atoms with Crippen LogP contribution in [0.15, 0.2) is 54.7 Å². The average molecular weight is 533 g/mol. The lowest BCUT2D eigenvalue weighted by molar-refractivity contribution is -0.116. The number of hydrogen-bond donors (Lipinski definition) is 2. The van der Waals surface area contributed by atoms with Crippen molar-refractivity contribution in [1.29, 1.82) is 0 Å². The SMILES string of the molecule is COC(=O)c1c(NC(=O)CCc2ccccc2)c2cc(NCc3ccc(OC)c(OC)c3OC)cnc2n1C. The zero-order valence-electron chi connectivity index (χ0n) is 22.7. The van der Waals surface area contributed by atoms with E-state index in [1.807, 2.05) is 48.5 Å². The van der Waals surface area contributed by atoms with Gasteiger partial charge in [0.25, 0.3) is 0 Å². The second-order valence-corrected chi connectivity index (χ2v) is 8.75. The van der Waals surface area contributed by atoms with Gasteiger partial charge in [0.15, 0.2) is 17.2 Å². The maximum absolute atomic E-state index is 12.9. The van der Waals surface area contributed by atoms with Gasteiger partial charge in [0, 0.05) is 31.0 Å². The van der Waals surface area contributed by atoms with E-state index in [-0.39, 0.29) is 18.0 Å². The molecule has 39 heavy (non-hydrogen) atoms. The van der Waals surface area contributed by atoms with Crippen molar-refractivity contribution in [2.45, 2.75) is 19.4 Å². The number of esters is 1. The summed E-state index contributed by atoms with van der Waals surface area (Å²) in [7, 11) is 7.70. The topological polar surface area (TPSA) is 113 Å². The molecule has 10 heteroatoms. The number of anilines is 2. The molecule has 0 spiro atoms. The van der Waals surface area contributed by atoms with Crippen LogP contribution in [0.3, 0.4) is 0 Å². The zero-order chi connectivity index (χ0) is 27.9. The first kappa shape index (κ1) is 27.3. The number of amides is 1. The predicted molar refractivity (Wildman–Crippen MR) is 149 cm³/mol. The Morgan fingerprint density at radius 2 is 1.69 bits per heavy atom. The molecule has 4 rings (SSSR count). The molecular weight excluding hydrogens is 500 g/mol. The number of ether oxygens (including phenoxy) is 4. The lowest BCUT2D eigenvalue weighted by Crippen LogP contribution is -2.16. The van der Waals surface area contributed by atoms with E-state index >= 15 is 0 Å². The number of nitrogens with zero attached hydrogens (tertiary/aromatic N) is 2. The summed E-state index contributed by atoms with van der Waals surface area (Å²) in [5.74, 6) is 0.827. The first-order chi connectivity index (χ1) is 18.9. The van der Waals surface area contributed by atoms with E-state index in [2.05, 4.69) is 15.6 Å². The summed E-state index contributed by atoms with van der Waals surface area (Å²) in [6.45, 7) is 0.395. The summed E-state index contributed by atoms with van der Waals surface area (Å²) in [5, 5.41) is 6.87. The fourth-order valence-electron chi connectivity index (χ4n) is 4.47. The quantitative estimate of drug-likeness (QED) is 0.270. The third-order valence-electron chi connectivity index (χ3n) is 6.42. The molecule has 2 N–H and O–H groups in total. The molecule has 0 bridgehead atoms. The Hall–Kier alpha value is -4.73. The van der Waals surface area contributed by atoms with Crippen LogP contribution in [-0.2, 0) is 29.5 Å². The van der Waals surface area contributed by atoms with Gasteiger partial charge in [-0.3, -0.25) is 4.79 Å². The third kappa shape index (κ3) is 5.74. The fraction of sp³-hybridized carbons (Fsp3) is 0.276. The van der Waals surface area contributed by atoms with Crippen molar-refractivity contribution in [3.63, 3.8) is 0 Å². The van der Waals surface area contributed by atoms with E-state index in [0.29, 0.717) is 52.6 Å². The number of carbonyl (C=O) groups excluding carboxylic acids is 2. The molecule has 0 unspecified atom stereocenters. The van der Waals surface area contributed by atoms with Crippen LogP contribution in [0.25, 0.3) is 11.0 Å². The number of methoxy groups -OCH3 is 4. The van der Waals surface area contributed by atoms with Crippen LogP contribution in [0, 0.1) is 0 Å². The molecule has 2 aromatic heterocycles. The summed E-state index contributed by atoms with van der Waals surface area (Å²) in [5.41, 5.74) is 3.68. The number of pyridine rings is 1. The molecular formula is C29H32N4O6. The van der Waals surface area contributed by atoms with Crippen LogP contribution in [-0.4, -0.2) is 49.9 Å². The molecule has 4 aromatic rings. The first-order valence-corrected chi connectivity index (χ1v) is 12.3. The van der Waals surface area contributed by atoms with Gasteiger partial charge in [0.05, 0.1) is 46.0 Å². The van der Waals surface area contributed by atoms with Gasteiger partial charge in [-0.25, -0.2) is 9.78 Å². The molecule has 0 radical (unpaired) electrons. The Bertz CT molecular complexity index is 1480. The van der Waals surface area contributed by atoms with Crippen LogP contribution in [0.5, 0.6) is 17.2 Å². The van der Waals surface area contributed by atoms with Crippen molar-refractivity contribution in [3.8, 4) is 17.2 Å². The predicted octanol–water partition coefficient (Wildman–Crippen LogP) is 4.57. The van der Waals surface area contributed by atoms with Crippen molar-refractivity contribution in [1.82, 2.24) is 9.55 Å². The first-order valence-electron chi connectivity index (χ1n) is 12.3. The number of carbonyl (C=O) groups is 2. The molecule has 204 valence electrons. The van der Waals surface area contributed by atoms with E-state index in [9.17, 15) is 9.59 Å². The van der Waals surface area contributed by atoms with Gasteiger partial charge in [-0.15, -0.1) is 0 Å². The lowest BCUT2D eigenvalue weighted by atomic mass is 10.1. The summed E-state index contributed by atoms with van der Waals surface area (Å²) in [6, 6.07) is 15.3. The van der Waals surface area contributed by atoms with Crippen molar-refractivity contribution in [3.05, 3.63) is 71.5 Å². The normalized spacial score (nSPS) is 10.7. The second kappa shape index (κ2) is 12.2. The number of rotatable bonds is 11. The molecule has 0 saturated heterocycles. The number of nitrogens with one attached hydrogen (secondary N) is 2. The van der Waals surface area contributed by atoms with Gasteiger partial charge in [0.2, 0.25) is 11.7 Å². The molecule has 10 nitrogen and oxygen atoms in total. The summed E-state index contributed by atoms with van der Waals surface area (Å²) >= 11 is 0. The van der Waals surface area contributed by atoms with Gasteiger partial charge in [-0.05, 0) is 30.2 Å². The van der Waals surface area contributed by atoms with Crippen LogP contribution in [0.1, 0.15) is 28.0 Å². The van der Waals surface area contributed by atoms with E-state index in [1.165, 1.54) is 7.11 Å². The van der Waals surface area contributed by atoms with Gasteiger partial charge >= 0.3 is 5.97 Å². The minimum atomic E-state index is -0.571. The number of benzene rings is 2. The standard InChI is InChI=1S/C29H32N4O6/c1-33-25(29(35)39-5)24(32-23(34)14-11-18-9-7-6-8-10-18)21-15-20(17-31-28(21)33)30-16-19-12-13-22(36-2)27(38-4)26(19)37-3/h6-10,12-13,15,17,30H,11,14,16H2,1-5H3,(H,32,34).